The van der Waals surface area contributed by atoms with Crippen molar-refractivity contribution in [2.45, 2.75) is 57.2 Å². The summed E-state index contributed by atoms with van der Waals surface area (Å²) in [6, 6.07) is 8.51. The Morgan fingerprint density at radius 2 is 2.05 bits per heavy atom. The number of nitrogens with two attached hydrogens (primary N) is 1. The number of hydrogen-bond donors (Lipinski definition) is 2. The number of hydrogen-bond acceptors (Lipinski definition) is 3. The highest BCUT2D eigenvalue weighted by atomic mass is 16.3. The van der Waals surface area contributed by atoms with Gasteiger partial charge in [-0.25, -0.2) is 0 Å². The maximum atomic E-state index is 10.8. The summed E-state index contributed by atoms with van der Waals surface area (Å²) in [6.45, 7) is 2.95. The minimum absolute atomic E-state index is 0.250. The van der Waals surface area contributed by atoms with Gasteiger partial charge in [-0.2, -0.15) is 5.10 Å². The Labute approximate surface area is 119 Å². The van der Waals surface area contributed by atoms with Crippen molar-refractivity contribution in [1.29, 1.82) is 0 Å². The van der Waals surface area contributed by atoms with Crippen LogP contribution in [-0.4, -0.2) is 26.5 Å². The summed E-state index contributed by atoms with van der Waals surface area (Å²) in [5.41, 5.74) is 7.47. The fourth-order valence-corrected chi connectivity index (χ4v) is 3.23. The van der Waals surface area contributed by atoms with Crippen LogP contribution in [0.4, 0.5) is 0 Å². The molecule has 20 heavy (non-hydrogen) atoms. The summed E-state index contributed by atoms with van der Waals surface area (Å²) in [4.78, 5) is 0. The smallest absolute Gasteiger partial charge is 0.0731 e. The van der Waals surface area contributed by atoms with E-state index in [2.05, 4.69) is 19.1 Å². The van der Waals surface area contributed by atoms with E-state index < -0.39 is 5.60 Å². The lowest BCUT2D eigenvalue weighted by molar-refractivity contribution is -0.000441. The van der Waals surface area contributed by atoms with Gasteiger partial charge in [-0.05, 0) is 38.7 Å². The molecule has 3 N–H and O–H groups in total. The van der Waals surface area contributed by atoms with Gasteiger partial charge in [0.15, 0.2) is 0 Å². The maximum absolute atomic E-state index is 10.8. The molecule has 3 rings (SSSR count). The summed E-state index contributed by atoms with van der Waals surface area (Å²) >= 11 is 0. The third kappa shape index (κ3) is 2.45. The van der Waals surface area contributed by atoms with Crippen molar-refractivity contribution in [3.63, 3.8) is 0 Å². The van der Waals surface area contributed by atoms with E-state index in [0.717, 1.165) is 48.8 Å². The molecule has 1 aromatic carbocycles. The lowest BCUT2D eigenvalue weighted by atomic mass is 9.79. The topological polar surface area (TPSA) is 64.1 Å². The average Bonchev–Trinajstić information content (AvgIpc) is 2.81. The number of aliphatic hydroxyl groups is 1. The van der Waals surface area contributed by atoms with E-state index in [1.165, 1.54) is 0 Å². The number of benzene rings is 1. The Morgan fingerprint density at radius 1 is 1.35 bits per heavy atom. The molecule has 1 aromatic heterocycles. The Hall–Kier alpha value is -1.39. The second kappa shape index (κ2) is 5.19. The SMILES string of the molecule is CCn1nc(CC2(O)CCC(N)CC2)c2ccccc21. The molecule has 1 fully saturated rings. The molecule has 1 heterocycles. The van der Waals surface area contributed by atoms with Gasteiger partial charge in [-0.15, -0.1) is 0 Å². The molecule has 0 radical (unpaired) electrons. The van der Waals surface area contributed by atoms with E-state index in [0.29, 0.717) is 6.42 Å². The van der Waals surface area contributed by atoms with Gasteiger partial charge in [-0.3, -0.25) is 4.68 Å². The molecule has 0 unspecified atom stereocenters. The summed E-state index contributed by atoms with van der Waals surface area (Å²) in [5, 5.41) is 16.6. The predicted molar refractivity (Wildman–Crippen MR) is 80.5 cm³/mol. The zero-order chi connectivity index (χ0) is 14.2. The van der Waals surface area contributed by atoms with E-state index in [1.54, 1.807) is 0 Å². The average molecular weight is 273 g/mol. The van der Waals surface area contributed by atoms with Crippen LogP contribution in [0.15, 0.2) is 24.3 Å². The molecular weight excluding hydrogens is 250 g/mol. The van der Waals surface area contributed by atoms with Gasteiger partial charge in [0.05, 0.1) is 16.8 Å². The maximum Gasteiger partial charge on any atom is 0.0731 e. The lowest BCUT2D eigenvalue weighted by Crippen LogP contribution is -2.40. The standard InChI is InChI=1S/C16H23N3O/c1-2-19-15-6-4-3-5-13(15)14(18-19)11-16(20)9-7-12(17)8-10-16/h3-6,12,20H,2,7-11,17H2,1H3. The van der Waals surface area contributed by atoms with Crippen molar-refractivity contribution in [2.24, 2.45) is 5.73 Å². The minimum atomic E-state index is -0.633. The van der Waals surface area contributed by atoms with E-state index >= 15 is 0 Å². The van der Waals surface area contributed by atoms with Crippen molar-refractivity contribution < 1.29 is 5.11 Å². The van der Waals surface area contributed by atoms with Crippen molar-refractivity contribution in [1.82, 2.24) is 9.78 Å². The fourth-order valence-electron chi connectivity index (χ4n) is 3.23. The highest BCUT2D eigenvalue weighted by molar-refractivity contribution is 5.82. The Bertz CT molecular complexity index is 597. The van der Waals surface area contributed by atoms with Crippen LogP contribution in [0.5, 0.6) is 0 Å². The molecule has 1 aliphatic rings. The first-order chi connectivity index (χ1) is 9.61. The van der Waals surface area contributed by atoms with E-state index in [4.69, 9.17) is 10.8 Å². The molecule has 0 bridgehead atoms. The van der Waals surface area contributed by atoms with E-state index in [9.17, 15) is 5.11 Å². The first kappa shape index (κ1) is 13.6. The third-order valence-corrected chi connectivity index (χ3v) is 4.49. The Morgan fingerprint density at radius 3 is 2.75 bits per heavy atom. The molecule has 1 saturated carbocycles. The molecule has 1 aliphatic carbocycles. The monoisotopic (exact) mass is 273 g/mol. The van der Waals surface area contributed by atoms with Gasteiger partial charge in [0.2, 0.25) is 0 Å². The van der Waals surface area contributed by atoms with Crippen LogP contribution in [-0.2, 0) is 13.0 Å². The van der Waals surface area contributed by atoms with Crippen molar-refractivity contribution >= 4 is 10.9 Å². The molecule has 4 nitrogen and oxygen atoms in total. The minimum Gasteiger partial charge on any atom is -0.389 e. The second-order valence-corrected chi connectivity index (χ2v) is 6.02. The van der Waals surface area contributed by atoms with Gasteiger partial charge < -0.3 is 10.8 Å². The molecule has 4 heteroatoms. The zero-order valence-corrected chi connectivity index (χ0v) is 12.0. The second-order valence-electron chi connectivity index (χ2n) is 6.02. The van der Waals surface area contributed by atoms with Crippen LogP contribution >= 0.6 is 0 Å². The summed E-state index contributed by atoms with van der Waals surface area (Å²) in [7, 11) is 0. The first-order valence-corrected chi connectivity index (χ1v) is 7.54. The van der Waals surface area contributed by atoms with Gasteiger partial charge in [0, 0.05) is 24.4 Å². The molecule has 108 valence electrons. The van der Waals surface area contributed by atoms with Crippen LogP contribution in [0.2, 0.25) is 0 Å². The first-order valence-electron chi connectivity index (χ1n) is 7.54. The largest absolute Gasteiger partial charge is 0.389 e. The van der Waals surface area contributed by atoms with Crippen LogP contribution < -0.4 is 5.73 Å². The molecule has 0 spiro atoms. The van der Waals surface area contributed by atoms with Gasteiger partial charge in [0.25, 0.3) is 0 Å². The van der Waals surface area contributed by atoms with Crippen LogP contribution in [0.25, 0.3) is 10.9 Å². The molecule has 2 aromatic rings. The molecule has 0 amide bonds. The predicted octanol–water partition coefficient (Wildman–Crippen LogP) is 2.23. The normalized spacial score (nSPS) is 27.1. The molecular formula is C16H23N3O. The number of fused-ring (bicyclic) bond motifs is 1. The van der Waals surface area contributed by atoms with Crippen molar-refractivity contribution in [2.75, 3.05) is 0 Å². The van der Waals surface area contributed by atoms with Crippen LogP contribution in [0, 0.1) is 0 Å². The number of aryl methyl sites for hydroxylation is 1. The van der Waals surface area contributed by atoms with Crippen molar-refractivity contribution in [3.8, 4) is 0 Å². The summed E-state index contributed by atoms with van der Waals surface area (Å²) < 4.78 is 2.02. The molecule has 0 saturated heterocycles. The van der Waals surface area contributed by atoms with Crippen LogP contribution in [0.3, 0.4) is 0 Å². The lowest BCUT2D eigenvalue weighted by Gasteiger charge is -2.34. The van der Waals surface area contributed by atoms with Gasteiger partial charge >= 0.3 is 0 Å². The van der Waals surface area contributed by atoms with Crippen molar-refractivity contribution in [3.05, 3.63) is 30.0 Å². The van der Waals surface area contributed by atoms with E-state index in [1.807, 2.05) is 16.8 Å². The quantitative estimate of drug-likeness (QED) is 0.901. The Balaban J connectivity index is 1.91. The highest BCUT2D eigenvalue weighted by Crippen LogP contribution is 2.32. The third-order valence-electron chi connectivity index (χ3n) is 4.49. The van der Waals surface area contributed by atoms with E-state index in [-0.39, 0.29) is 6.04 Å². The zero-order valence-electron chi connectivity index (χ0n) is 12.0. The number of rotatable bonds is 3. The fraction of sp³-hybridized carbons (Fsp3) is 0.562. The van der Waals surface area contributed by atoms with Gasteiger partial charge in [-0.1, -0.05) is 18.2 Å². The van der Waals surface area contributed by atoms with Crippen LogP contribution in [0.1, 0.15) is 38.3 Å². The Kier molecular flexibility index (Phi) is 3.52. The number of nitrogens with zero attached hydrogens (tertiary/aromatic N) is 2. The number of aromatic nitrogens is 2. The molecule has 0 aliphatic heterocycles. The summed E-state index contributed by atoms with van der Waals surface area (Å²) in [5.74, 6) is 0. The van der Waals surface area contributed by atoms with Gasteiger partial charge in [0.1, 0.15) is 0 Å². The summed E-state index contributed by atoms with van der Waals surface area (Å²) in [6.07, 6.45) is 4.00. The molecule has 0 atom stereocenters. The number of para-hydroxylation sites is 1. The highest BCUT2D eigenvalue weighted by Gasteiger charge is 2.33.